The van der Waals surface area contributed by atoms with Crippen LogP contribution in [0.5, 0.6) is 0 Å². The number of aliphatic hydroxyl groups is 4. The van der Waals surface area contributed by atoms with Crippen LogP contribution >= 0.6 is 11.3 Å². The molecule has 4 N–H and O–H groups in total. The summed E-state index contributed by atoms with van der Waals surface area (Å²) in [5.74, 6) is -0.287. The molecule has 0 aliphatic rings. The van der Waals surface area contributed by atoms with Crippen molar-refractivity contribution in [3.05, 3.63) is 82.1 Å². The highest BCUT2D eigenvalue weighted by molar-refractivity contribution is 7.14. The molecule has 1 amide bonds. The third-order valence-electron chi connectivity index (χ3n) is 5.50. The van der Waals surface area contributed by atoms with Gasteiger partial charge in [-0.25, -0.2) is 0 Å². The molecule has 0 aliphatic heterocycles. The smallest absolute Gasteiger partial charge is 0.263 e. The Balaban J connectivity index is 1.64. The molecule has 0 fully saturated rings. The predicted molar refractivity (Wildman–Crippen MR) is 132 cm³/mol. The molecule has 188 valence electrons. The minimum Gasteiger partial charge on any atom is -0.396 e. The maximum absolute atomic E-state index is 12.9. The molecule has 0 aliphatic carbocycles. The van der Waals surface area contributed by atoms with E-state index >= 15 is 0 Å². The first kappa shape index (κ1) is 26.9. The lowest BCUT2D eigenvalue weighted by Gasteiger charge is -2.26. The Labute approximate surface area is 208 Å². The molecule has 10 heteroatoms. The van der Waals surface area contributed by atoms with Gasteiger partial charge in [-0.3, -0.25) is 19.7 Å². The average Bonchev–Trinajstić information content (AvgIpc) is 3.32. The molecule has 0 spiro atoms. The Bertz CT molecular complexity index is 995. The molecule has 3 unspecified atom stereocenters. The first-order valence-electron chi connectivity index (χ1n) is 11.4. The van der Waals surface area contributed by atoms with Gasteiger partial charge in [-0.1, -0.05) is 12.1 Å². The highest BCUT2D eigenvalue weighted by atomic mass is 32.1. The van der Waals surface area contributed by atoms with Gasteiger partial charge in [0.1, 0.15) is 6.10 Å². The van der Waals surface area contributed by atoms with Gasteiger partial charge >= 0.3 is 0 Å². The van der Waals surface area contributed by atoms with Gasteiger partial charge in [-0.15, -0.1) is 11.3 Å². The van der Waals surface area contributed by atoms with Crippen LogP contribution in [0.4, 0.5) is 0 Å². The highest BCUT2D eigenvalue weighted by Gasteiger charge is 2.27. The van der Waals surface area contributed by atoms with Gasteiger partial charge in [0.05, 0.1) is 28.5 Å². The van der Waals surface area contributed by atoms with E-state index in [-0.39, 0.29) is 25.5 Å². The lowest BCUT2D eigenvalue weighted by atomic mass is 10.1. The van der Waals surface area contributed by atoms with Crippen molar-refractivity contribution >= 4 is 17.2 Å². The Kier molecular flexibility index (Phi) is 10.3. The number of hydrogen-bond donors (Lipinski definition) is 4. The van der Waals surface area contributed by atoms with E-state index < -0.39 is 18.3 Å². The molecule has 0 aromatic carbocycles. The van der Waals surface area contributed by atoms with Crippen molar-refractivity contribution in [1.29, 1.82) is 0 Å². The topological polar surface area (TPSA) is 130 Å². The van der Waals surface area contributed by atoms with Crippen LogP contribution in [0.1, 0.15) is 32.4 Å². The fourth-order valence-electron chi connectivity index (χ4n) is 3.63. The zero-order valence-corrected chi connectivity index (χ0v) is 20.5. The molecule has 3 rings (SSSR count). The highest BCUT2D eigenvalue weighted by Crippen LogP contribution is 2.22. The molecule has 3 atom stereocenters. The van der Waals surface area contributed by atoms with Gasteiger partial charge in [-0.05, 0) is 42.8 Å². The number of hydrogen-bond acceptors (Lipinski definition) is 9. The molecule has 3 aromatic rings. The van der Waals surface area contributed by atoms with Crippen molar-refractivity contribution < 1.29 is 25.2 Å². The van der Waals surface area contributed by atoms with Gasteiger partial charge in [-0.2, -0.15) is 0 Å². The second kappa shape index (κ2) is 13.4. The summed E-state index contributed by atoms with van der Waals surface area (Å²) in [5, 5.41) is 38.8. The van der Waals surface area contributed by atoms with Crippen LogP contribution in [0.2, 0.25) is 0 Å². The SMILES string of the molecule is CN(CC(O)C(O)C(O)CCO)C(=O)c1ccc(CN(Cc2ccccn2)Cc2ccccn2)s1. The predicted octanol–water partition coefficient (Wildman–Crippen LogP) is 1.28. The molecule has 0 saturated heterocycles. The van der Waals surface area contributed by atoms with Crippen LogP contribution in [0.15, 0.2) is 60.9 Å². The zero-order chi connectivity index (χ0) is 25.2. The van der Waals surface area contributed by atoms with E-state index in [2.05, 4.69) is 14.9 Å². The van der Waals surface area contributed by atoms with E-state index in [9.17, 15) is 20.1 Å². The van der Waals surface area contributed by atoms with Crippen molar-refractivity contribution in [3.63, 3.8) is 0 Å². The van der Waals surface area contributed by atoms with Gasteiger partial charge in [0.2, 0.25) is 0 Å². The summed E-state index contributed by atoms with van der Waals surface area (Å²) in [7, 11) is 1.53. The molecule has 3 heterocycles. The summed E-state index contributed by atoms with van der Waals surface area (Å²) in [5.41, 5.74) is 1.87. The summed E-state index contributed by atoms with van der Waals surface area (Å²) in [4.78, 5) is 26.8. The lowest BCUT2D eigenvalue weighted by molar-refractivity contribution is -0.0709. The van der Waals surface area contributed by atoms with E-state index in [4.69, 9.17) is 5.11 Å². The number of carbonyl (C=O) groups is 1. The lowest BCUT2D eigenvalue weighted by Crippen LogP contribution is -2.45. The summed E-state index contributed by atoms with van der Waals surface area (Å²) < 4.78 is 0. The van der Waals surface area contributed by atoms with Crippen molar-refractivity contribution in [2.24, 2.45) is 0 Å². The summed E-state index contributed by atoms with van der Waals surface area (Å²) in [6, 6.07) is 15.3. The second-order valence-electron chi connectivity index (χ2n) is 8.38. The fourth-order valence-corrected chi connectivity index (χ4v) is 4.67. The van der Waals surface area contributed by atoms with Gasteiger partial charge in [0.15, 0.2) is 0 Å². The molecule has 0 radical (unpaired) electrons. The number of aromatic nitrogens is 2. The van der Waals surface area contributed by atoms with Gasteiger partial charge in [0.25, 0.3) is 5.91 Å². The van der Waals surface area contributed by atoms with Gasteiger partial charge < -0.3 is 25.3 Å². The van der Waals surface area contributed by atoms with E-state index in [0.717, 1.165) is 16.3 Å². The Morgan fingerprint density at radius 2 is 1.54 bits per heavy atom. The minimum atomic E-state index is -1.46. The van der Waals surface area contributed by atoms with Crippen molar-refractivity contribution in [2.45, 2.75) is 44.4 Å². The second-order valence-corrected chi connectivity index (χ2v) is 9.54. The van der Waals surface area contributed by atoms with Crippen LogP contribution in [-0.4, -0.2) is 84.6 Å². The third-order valence-corrected chi connectivity index (χ3v) is 6.55. The first-order valence-corrected chi connectivity index (χ1v) is 12.2. The monoisotopic (exact) mass is 500 g/mol. The number of amides is 1. The Morgan fingerprint density at radius 3 is 2.09 bits per heavy atom. The Morgan fingerprint density at radius 1 is 0.914 bits per heavy atom. The Hall–Kier alpha value is -2.73. The molecular weight excluding hydrogens is 468 g/mol. The third kappa shape index (κ3) is 8.17. The molecule has 0 bridgehead atoms. The number of thiophene rings is 1. The normalized spacial score (nSPS) is 14.0. The molecule has 35 heavy (non-hydrogen) atoms. The standard InChI is InChI=1S/C25H32N4O5S/c1-28(17-22(32)24(33)21(31)10-13-30)25(34)23-9-8-20(35-23)16-29(14-18-6-2-4-11-26-18)15-19-7-3-5-12-27-19/h2-9,11-12,21-22,24,30-33H,10,13-17H2,1H3. The van der Waals surface area contributed by atoms with Crippen LogP contribution in [-0.2, 0) is 19.6 Å². The van der Waals surface area contributed by atoms with Crippen molar-refractivity contribution in [2.75, 3.05) is 20.2 Å². The van der Waals surface area contributed by atoms with Crippen LogP contribution in [0.25, 0.3) is 0 Å². The number of aliphatic hydroxyl groups excluding tert-OH is 4. The summed E-state index contributed by atoms with van der Waals surface area (Å²) in [6.07, 6.45) is -0.589. The summed E-state index contributed by atoms with van der Waals surface area (Å²) in [6.45, 7) is 1.39. The van der Waals surface area contributed by atoms with E-state index in [0.29, 0.717) is 24.5 Å². The fraction of sp³-hybridized carbons (Fsp3) is 0.400. The van der Waals surface area contributed by atoms with Crippen molar-refractivity contribution in [1.82, 2.24) is 19.8 Å². The van der Waals surface area contributed by atoms with E-state index in [1.165, 1.54) is 23.3 Å². The molecule has 9 nitrogen and oxygen atoms in total. The largest absolute Gasteiger partial charge is 0.396 e. The van der Waals surface area contributed by atoms with E-state index in [1.807, 2.05) is 42.5 Å². The number of rotatable bonds is 13. The van der Waals surface area contributed by atoms with Crippen molar-refractivity contribution in [3.8, 4) is 0 Å². The number of likely N-dealkylation sites (N-methyl/N-ethyl adjacent to an activating group) is 1. The van der Waals surface area contributed by atoms with Crippen LogP contribution < -0.4 is 0 Å². The number of pyridine rings is 2. The quantitative estimate of drug-likeness (QED) is 0.276. The molecule has 0 saturated carbocycles. The van der Waals surface area contributed by atoms with E-state index in [1.54, 1.807) is 18.5 Å². The summed E-state index contributed by atoms with van der Waals surface area (Å²) >= 11 is 1.37. The van der Waals surface area contributed by atoms with Crippen LogP contribution in [0.3, 0.4) is 0 Å². The minimum absolute atomic E-state index is 0.0579. The van der Waals surface area contributed by atoms with Gasteiger partial charge in [0, 0.05) is 57.1 Å². The molecule has 3 aromatic heterocycles. The van der Waals surface area contributed by atoms with Crippen LogP contribution in [0, 0.1) is 0 Å². The molecular formula is C25H32N4O5S. The number of carbonyl (C=O) groups excluding carboxylic acids is 1. The average molecular weight is 501 g/mol. The maximum atomic E-state index is 12.9. The maximum Gasteiger partial charge on any atom is 0.263 e. The first-order chi connectivity index (χ1) is 16.9. The number of nitrogens with zero attached hydrogens (tertiary/aromatic N) is 4. The zero-order valence-electron chi connectivity index (χ0n) is 19.6.